The zero-order valence-corrected chi connectivity index (χ0v) is 7.79. The predicted molar refractivity (Wildman–Crippen MR) is 47.9 cm³/mol. The summed E-state index contributed by atoms with van der Waals surface area (Å²) in [6.07, 6.45) is 4.08. The average Bonchev–Trinajstić information content (AvgIpc) is 2.80. The van der Waals surface area contributed by atoms with Gasteiger partial charge in [0.1, 0.15) is 0 Å². The maximum atomic E-state index is 11.4. The molecule has 1 aliphatic carbocycles. The summed E-state index contributed by atoms with van der Waals surface area (Å²) >= 11 is 0. The van der Waals surface area contributed by atoms with Crippen molar-refractivity contribution in [1.29, 1.82) is 0 Å². The number of hydrogen-bond donors (Lipinski definition) is 1. The van der Waals surface area contributed by atoms with E-state index in [1.165, 1.54) is 17.9 Å². The van der Waals surface area contributed by atoms with Crippen molar-refractivity contribution >= 4 is 5.91 Å². The Morgan fingerprint density at radius 1 is 1.54 bits per heavy atom. The van der Waals surface area contributed by atoms with Crippen LogP contribution in [0.15, 0.2) is 0 Å². The molecule has 1 N–H and O–H groups in total. The third-order valence-electron chi connectivity index (χ3n) is 2.38. The molecule has 1 amide bonds. The normalized spacial score (nSPS) is 22.3. The van der Waals surface area contributed by atoms with Gasteiger partial charge in [0.2, 0.25) is 5.91 Å². The Morgan fingerprint density at radius 3 is 3.00 bits per heavy atom. The van der Waals surface area contributed by atoms with Crippen LogP contribution < -0.4 is 5.32 Å². The van der Waals surface area contributed by atoms with Crippen molar-refractivity contribution in [2.45, 2.75) is 31.7 Å². The molecule has 1 aliphatic heterocycles. The quantitative estimate of drug-likeness (QED) is 0.683. The Morgan fingerprint density at radius 2 is 2.38 bits per heavy atom. The fourth-order valence-electron chi connectivity index (χ4n) is 1.44. The summed E-state index contributed by atoms with van der Waals surface area (Å²) in [6, 6.07) is 0.687. The van der Waals surface area contributed by atoms with Crippen LogP contribution in [0.5, 0.6) is 0 Å². The molecule has 4 nitrogen and oxygen atoms in total. The van der Waals surface area contributed by atoms with Gasteiger partial charge in [-0.15, -0.1) is 0 Å². The summed E-state index contributed by atoms with van der Waals surface area (Å²) in [7, 11) is 0. The predicted octanol–water partition coefficient (Wildman–Crippen LogP) is 0.292. The minimum atomic E-state index is 0.116. The van der Waals surface area contributed by atoms with Gasteiger partial charge in [-0.05, 0) is 19.3 Å². The zero-order valence-electron chi connectivity index (χ0n) is 7.79. The van der Waals surface area contributed by atoms with Crippen molar-refractivity contribution in [2.75, 3.05) is 19.7 Å². The van der Waals surface area contributed by atoms with Gasteiger partial charge in [-0.2, -0.15) is 0 Å². The summed E-state index contributed by atoms with van der Waals surface area (Å²) in [5, 5.41) is 4.80. The maximum Gasteiger partial charge on any atom is 0.247 e. The number of carbonyl (C=O) groups excluding carboxylic acids is 1. The topological polar surface area (TPSA) is 41.6 Å². The molecule has 0 atom stereocenters. The number of carbonyl (C=O) groups is 1. The van der Waals surface area contributed by atoms with Gasteiger partial charge in [-0.3, -0.25) is 9.63 Å². The summed E-state index contributed by atoms with van der Waals surface area (Å²) in [5.74, 6) is 0.116. The Labute approximate surface area is 78.2 Å². The smallest absolute Gasteiger partial charge is 0.247 e. The van der Waals surface area contributed by atoms with Crippen LogP contribution in [0.25, 0.3) is 0 Å². The van der Waals surface area contributed by atoms with Gasteiger partial charge < -0.3 is 5.32 Å². The van der Waals surface area contributed by atoms with Crippen molar-refractivity contribution in [3.8, 4) is 0 Å². The first-order valence-electron chi connectivity index (χ1n) is 5.03. The molecule has 13 heavy (non-hydrogen) atoms. The average molecular weight is 184 g/mol. The number of amides is 1. The molecule has 2 fully saturated rings. The Bertz CT molecular complexity index is 186. The van der Waals surface area contributed by atoms with Crippen molar-refractivity contribution < 1.29 is 9.63 Å². The minimum Gasteiger partial charge on any atom is -0.313 e. The lowest BCUT2D eigenvalue weighted by Crippen LogP contribution is -2.30. The second-order valence-corrected chi connectivity index (χ2v) is 3.66. The van der Waals surface area contributed by atoms with E-state index in [1.54, 1.807) is 0 Å². The molecule has 2 rings (SSSR count). The molecule has 0 unspecified atom stereocenters. The molecule has 0 aromatic rings. The lowest BCUT2D eigenvalue weighted by atomic mass is 10.3. The van der Waals surface area contributed by atoms with Crippen LogP contribution in [-0.2, 0) is 9.63 Å². The summed E-state index contributed by atoms with van der Waals surface area (Å²) < 4.78 is 0. The second-order valence-electron chi connectivity index (χ2n) is 3.66. The van der Waals surface area contributed by atoms with Crippen molar-refractivity contribution in [3.63, 3.8) is 0 Å². The van der Waals surface area contributed by atoms with Gasteiger partial charge in [0, 0.05) is 19.0 Å². The highest BCUT2D eigenvalue weighted by Gasteiger charge is 2.22. The third kappa shape index (κ3) is 2.67. The molecular formula is C9H16N2O2. The van der Waals surface area contributed by atoms with Gasteiger partial charge in [-0.1, -0.05) is 0 Å². The van der Waals surface area contributed by atoms with Crippen molar-refractivity contribution in [1.82, 2.24) is 10.4 Å². The van der Waals surface area contributed by atoms with Crippen LogP contribution in [-0.4, -0.2) is 36.7 Å². The van der Waals surface area contributed by atoms with E-state index in [0.29, 0.717) is 19.1 Å². The summed E-state index contributed by atoms with van der Waals surface area (Å²) in [6.45, 7) is 2.26. The molecule has 1 saturated heterocycles. The van der Waals surface area contributed by atoms with E-state index in [0.717, 1.165) is 19.5 Å². The first-order chi connectivity index (χ1) is 6.36. The fourth-order valence-corrected chi connectivity index (χ4v) is 1.44. The van der Waals surface area contributed by atoms with E-state index in [9.17, 15) is 4.79 Å². The van der Waals surface area contributed by atoms with Gasteiger partial charge in [0.25, 0.3) is 0 Å². The van der Waals surface area contributed by atoms with Gasteiger partial charge >= 0.3 is 0 Å². The molecule has 0 bridgehead atoms. The molecule has 74 valence electrons. The van der Waals surface area contributed by atoms with Crippen LogP contribution >= 0.6 is 0 Å². The Hall–Kier alpha value is -0.610. The molecule has 0 aromatic heterocycles. The van der Waals surface area contributed by atoms with Crippen LogP contribution in [0.4, 0.5) is 0 Å². The summed E-state index contributed by atoms with van der Waals surface area (Å²) in [5.41, 5.74) is 0. The van der Waals surface area contributed by atoms with E-state index in [2.05, 4.69) is 5.32 Å². The van der Waals surface area contributed by atoms with Crippen LogP contribution in [0.3, 0.4) is 0 Å². The van der Waals surface area contributed by atoms with Gasteiger partial charge in [0.05, 0.1) is 13.2 Å². The zero-order chi connectivity index (χ0) is 9.10. The Balaban J connectivity index is 1.59. The van der Waals surface area contributed by atoms with E-state index < -0.39 is 0 Å². The largest absolute Gasteiger partial charge is 0.313 e. The molecule has 2 aliphatic rings. The molecule has 1 saturated carbocycles. The molecule has 0 spiro atoms. The Kier molecular flexibility index (Phi) is 2.80. The first kappa shape index (κ1) is 8.97. The lowest BCUT2D eigenvalue weighted by Gasteiger charge is -2.13. The molecule has 0 radical (unpaired) electrons. The second kappa shape index (κ2) is 4.07. The molecular weight excluding hydrogens is 168 g/mol. The number of hydroxylamine groups is 2. The SMILES string of the molecule is O=C(CCNC1CC1)N1CCCO1. The highest BCUT2D eigenvalue weighted by atomic mass is 16.7. The van der Waals surface area contributed by atoms with Gasteiger partial charge in [0.15, 0.2) is 0 Å². The van der Waals surface area contributed by atoms with Crippen LogP contribution in [0.1, 0.15) is 25.7 Å². The molecule has 1 heterocycles. The van der Waals surface area contributed by atoms with Gasteiger partial charge in [-0.25, -0.2) is 5.06 Å². The number of nitrogens with one attached hydrogen (secondary N) is 1. The highest BCUT2D eigenvalue weighted by Crippen LogP contribution is 2.18. The fraction of sp³-hybridized carbons (Fsp3) is 0.889. The van der Waals surface area contributed by atoms with E-state index >= 15 is 0 Å². The lowest BCUT2D eigenvalue weighted by molar-refractivity contribution is -0.168. The van der Waals surface area contributed by atoms with E-state index in [-0.39, 0.29) is 5.91 Å². The summed E-state index contributed by atoms with van der Waals surface area (Å²) in [4.78, 5) is 16.6. The van der Waals surface area contributed by atoms with E-state index in [1.807, 2.05) is 0 Å². The third-order valence-corrected chi connectivity index (χ3v) is 2.38. The number of hydrogen-bond acceptors (Lipinski definition) is 3. The maximum absolute atomic E-state index is 11.4. The van der Waals surface area contributed by atoms with E-state index in [4.69, 9.17) is 4.84 Å². The van der Waals surface area contributed by atoms with Crippen LogP contribution in [0, 0.1) is 0 Å². The number of rotatable bonds is 4. The van der Waals surface area contributed by atoms with Crippen molar-refractivity contribution in [2.24, 2.45) is 0 Å². The molecule has 4 heteroatoms. The minimum absolute atomic E-state index is 0.116. The number of nitrogens with zero attached hydrogens (tertiary/aromatic N) is 1. The monoisotopic (exact) mass is 184 g/mol. The standard InChI is InChI=1S/C9H16N2O2/c12-9(11-6-1-7-13-11)4-5-10-8-2-3-8/h8,10H,1-7H2. The van der Waals surface area contributed by atoms with Crippen LogP contribution in [0.2, 0.25) is 0 Å². The van der Waals surface area contributed by atoms with Crippen molar-refractivity contribution in [3.05, 3.63) is 0 Å². The highest BCUT2D eigenvalue weighted by molar-refractivity contribution is 5.75. The molecule has 0 aromatic carbocycles. The first-order valence-corrected chi connectivity index (χ1v) is 5.03.